The van der Waals surface area contributed by atoms with Gasteiger partial charge in [0.1, 0.15) is 0 Å². The van der Waals surface area contributed by atoms with Gasteiger partial charge in [0, 0.05) is 0 Å². The minimum absolute atomic E-state index is 0.234. The van der Waals surface area contributed by atoms with E-state index in [0.717, 1.165) is 5.75 Å². The quantitative estimate of drug-likeness (QED) is 0.779. The molecule has 0 aliphatic heterocycles. The Balaban J connectivity index is 1.95. The van der Waals surface area contributed by atoms with Crippen molar-refractivity contribution in [3.05, 3.63) is 64.3 Å². The standard InChI is InChI=1S/C15H14OTe/c1-16-14-7-9-15(10-8-14)17-12-11-13-5-3-2-4-6-13/h2-12H,1H3/b12-11+. The van der Waals surface area contributed by atoms with Crippen molar-refractivity contribution >= 4 is 30.6 Å². The van der Waals surface area contributed by atoms with Gasteiger partial charge >= 0.3 is 112 Å². The first-order valence-corrected chi connectivity index (χ1v) is 7.92. The molecule has 86 valence electrons. The van der Waals surface area contributed by atoms with Crippen LogP contribution in [0.5, 0.6) is 5.75 Å². The van der Waals surface area contributed by atoms with Gasteiger partial charge in [-0.15, -0.1) is 0 Å². The van der Waals surface area contributed by atoms with Crippen LogP contribution in [0.15, 0.2) is 58.7 Å². The van der Waals surface area contributed by atoms with E-state index in [4.69, 9.17) is 4.74 Å². The molecule has 0 amide bonds. The fourth-order valence-electron chi connectivity index (χ4n) is 1.41. The molecule has 0 heterocycles. The van der Waals surface area contributed by atoms with E-state index in [2.05, 4.69) is 46.6 Å². The van der Waals surface area contributed by atoms with Gasteiger partial charge in [0.05, 0.1) is 0 Å². The monoisotopic (exact) mass is 340 g/mol. The zero-order chi connectivity index (χ0) is 11.9. The van der Waals surface area contributed by atoms with E-state index in [9.17, 15) is 0 Å². The Morgan fingerprint density at radius 1 is 0.941 bits per heavy atom. The van der Waals surface area contributed by atoms with E-state index in [1.807, 2.05) is 18.2 Å². The predicted octanol–water partition coefficient (Wildman–Crippen LogP) is 2.70. The average molecular weight is 338 g/mol. The Morgan fingerprint density at radius 3 is 2.29 bits per heavy atom. The molecule has 0 saturated heterocycles. The molecule has 17 heavy (non-hydrogen) atoms. The van der Waals surface area contributed by atoms with Crippen molar-refractivity contribution in [2.45, 2.75) is 0 Å². The van der Waals surface area contributed by atoms with Crippen LogP contribution in [-0.4, -0.2) is 28.0 Å². The number of ether oxygens (including phenoxy) is 1. The normalized spacial score (nSPS) is 10.6. The number of methoxy groups -OCH3 is 1. The van der Waals surface area contributed by atoms with Crippen LogP contribution in [0.25, 0.3) is 6.08 Å². The number of hydrogen-bond donors (Lipinski definition) is 0. The Morgan fingerprint density at radius 2 is 1.65 bits per heavy atom. The molecule has 0 fully saturated rings. The van der Waals surface area contributed by atoms with Gasteiger partial charge in [-0.05, 0) is 0 Å². The zero-order valence-electron chi connectivity index (χ0n) is 9.67. The summed E-state index contributed by atoms with van der Waals surface area (Å²) in [5.41, 5.74) is 1.27. The van der Waals surface area contributed by atoms with E-state index in [0.29, 0.717) is 0 Å². The van der Waals surface area contributed by atoms with Crippen LogP contribution in [0.1, 0.15) is 5.56 Å². The van der Waals surface area contributed by atoms with Crippen LogP contribution in [0.4, 0.5) is 0 Å². The SMILES string of the molecule is COc1ccc([Te]/C=C/c2ccccc2)cc1. The van der Waals surface area contributed by atoms with Gasteiger partial charge < -0.3 is 0 Å². The molecular weight excluding hydrogens is 324 g/mol. The second-order valence-electron chi connectivity index (χ2n) is 3.51. The fourth-order valence-corrected chi connectivity index (χ4v) is 3.34. The molecule has 0 N–H and O–H groups in total. The van der Waals surface area contributed by atoms with Crippen LogP contribution in [0.2, 0.25) is 0 Å². The summed E-state index contributed by atoms with van der Waals surface area (Å²) in [6, 6.07) is 18.8. The van der Waals surface area contributed by atoms with Crippen LogP contribution >= 0.6 is 0 Å². The third-order valence-corrected chi connectivity index (χ3v) is 4.65. The number of hydrogen-bond acceptors (Lipinski definition) is 1. The molecule has 0 aliphatic rings. The second kappa shape index (κ2) is 6.49. The molecule has 0 bridgehead atoms. The van der Waals surface area contributed by atoms with E-state index in [1.165, 1.54) is 9.17 Å². The molecule has 0 spiro atoms. The first-order chi connectivity index (χ1) is 8.38. The van der Waals surface area contributed by atoms with Crippen LogP contribution < -0.4 is 8.35 Å². The van der Waals surface area contributed by atoms with E-state index < -0.39 is 0 Å². The van der Waals surface area contributed by atoms with Gasteiger partial charge in [0.25, 0.3) is 0 Å². The second-order valence-corrected chi connectivity index (χ2v) is 6.30. The average Bonchev–Trinajstić information content (AvgIpc) is 2.41. The van der Waals surface area contributed by atoms with Crippen molar-refractivity contribution in [3.63, 3.8) is 0 Å². The molecule has 0 aromatic heterocycles. The maximum absolute atomic E-state index is 5.14. The van der Waals surface area contributed by atoms with E-state index in [1.54, 1.807) is 7.11 Å². The Kier molecular flexibility index (Phi) is 4.67. The van der Waals surface area contributed by atoms with Crippen molar-refractivity contribution in [2.24, 2.45) is 0 Å². The molecule has 0 aliphatic carbocycles. The van der Waals surface area contributed by atoms with Crippen molar-refractivity contribution in [3.8, 4) is 5.75 Å². The van der Waals surface area contributed by atoms with Gasteiger partial charge in [-0.25, -0.2) is 0 Å². The molecule has 0 atom stereocenters. The molecule has 2 heteroatoms. The summed E-state index contributed by atoms with van der Waals surface area (Å²) >= 11 is -0.234. The van der Waals surface area contributed by atoms with Gasteiger partial charge in [-0.3, -0.25) is 0 Å². The van der Waals surface area contributed by atoms with Gasteiger partial charge in [0.2, 0.25) is 0 Å². The molecule has 0 saturated carbocycles. The summed E-state index contributed by atoms with van der Waals surface area (Å²) in [6.45, 7) is 0. The molecular formula is C15H14OTe. The first kappa shape index (κ1) is 12.2. The number of benzene rings is 2. The summed E-state index contributed by atoms with van der Waals surface area (Å²) in [6.07, 6.45) is 2.20. The maximum atomic E-state index is 5.14. The van der Waals surface area contributed by atoms with Gasteiger partial charge in [-0.1, -0.05) is 0 Å². The van der Waals surface area contributed by atoms with Crippen molar-refractivity contribution in [1.29, 1.82) is 0 Å². The Hall–Kier alpha value is -1.23. The first-order valence-electron chi connectivity index (χ1n) is 5.41. The summed E-state index contributed by atoms with van der Waals surface area (Å²) in [5.74, 6) is 0.924. The van der Waals surface area contributed by atoms with Crippen molar-refractivity contribution in [2.75, 3.05) is 7.11 Å². The predicted molar refractivity (Wildman–Crippen MR) is 73.9 cm³/mol. The Bertz CT molecular complexity index is 474. The Labute approximate surface area is 112 Å². The minimum atomic E-state index is -0.234. The van der Waals surface area contributed by atoms with Crippen LogP contribution in [0, 0.1) is 0 Å². The van der Waals surface area contributed by atoms with E-state index in [-0.39, 0.29) is 20.9 Å². The van der Waals surface area contributed by atoms with Crippen molar-refractivity contribution < 1.29 is 4.74 Å². The van der Waals surface area contributed by atoms with Gasteiger partial charge in [-0.2, -0.15) is 0 Å². The van der Waals surface area contributed by atoms with Crippen molar-refractivity contribution in [1.82, 2.24) is 0 Å². The molecule has 0 radical (unpaired) electrons. The third kappa shape index (κ3) is 3.93. The summed E-state index contributed by atoms with van der Waals surface area (Å²) in [7, 11) is 1.70. The van der Waals surface area contributed by atoms with E-state index >= 15 is 0 Å². The summed E-state index contributed by atoms with van der Waals surface area (Å²) in [5, 5.41) is 0. The molecule has 0 unspecified atom stereocenters. The fraction of sp³-hybridized carbons (Fsp3) is 0.0667. The van der Waals surface area contributed by atoms with Gasteiger partial charge in [0.15, 0.2) is 0 Å². The summed E-state index contributed by atoms with van der Waals surface area (Å²) in [4.78, 5) is 0. The number of rotatable bonds is 4. The third-order valence-electron chi connectivity index (χ3n) is 2.32. The molecule has 2 aromatic carbocycles. The topological polar surface area (TPSA) is 9.23 Å². The molecule has 1 nitrogen and oxygen atoms in total. The van der Waals surface area contributed by atoms with Crippen LogP contribution in [0.3, 0.4) is 0 Å². The molecule has 2 rings (SSSR count). The molecule has 2 aromatic rings. The van der Waals surface area contributed by atoms with Crippen LogP contribution in [-0.2, 0) is 0 Å². The summed E-state index contributed by atoms with van der Waals surface area (Å²) < 4.78 is 8.87. The zero-order valence-corrected chi connectivity index (χ0v) is 12.0.